The Balaban J connectivity index is 1.66. The summed E-state index contributed by atoms with van der Waals surface area (Å²) in [5.74, 6) is -0.406. The number of amides is 3. The summed E-state index contributed by atoms with van der Waals surface area (Å²) in [5.41, 5.74) is 2.15. The average Bonchev–Trinajstić information content (AvgIpc) is 3.19. The number of benzene rings is 2. The predicted octanol–water partition coefficient (Wildman–Crippen LogP) is 3.73. The lowest BCUT2D eigenvalue weighted by atomic mass is 10.1. The van der Waals surface area contributed by atoms with Gasteiger partial charge in [-0.3, -0.25) is 14.4 Å². The molecule has 150 valence electrons. The van der Waals surface area contributed by atoms with Crippen LogP contribution in [0.1, 0.15) is 47.4 Å². The fourth-order valence-electron chi connectivity index (χ4n) is 3.31. The van der Waals surface area contributed by atoms with E-state index in [-0.39, 0.29) is 23.5 Å². The summed E-state index contributed by atoms with van der Waals surface area (Å²) in [5, 5.41) is 5.57. The zero-order valence-electron chi connectivity index (χ0n) is 16.4. The Morgan fingerprint density at radius 2 is 1.55 bits per heavy atom. The van der Waals surface area contributed by atoms with E-state index in [1.54, 1.807) is 48.5 Å². The van der Waals surface area contributed by atoms with Crippen LogP contribution in [0, 0.1) is 0 Å². The van der Waals surface area contributed by atoms with E-state index in [1.807, 2.05) is 0 Å². The summed E-state index contributed by atoms with van der Waals surface area (Å²) in [6.45, 7) is 3.42. The lowest BCUT2D eigenvalue weighted by molar-refractivity contribution is -0.119. The number of hydrogen-bond acceptors (Lipinski definition) is 4. The molecular weight excluding hydrogens is 370 g/mol. The van der Waals surface area contributed by atoms with Crippen LogP contribution in [0.5, 0.6) is 0 Å². The molecule has 29 heavy (non-hydrogen) atoms. The summed E-state index contributed by atoms with van der Waals surface area (Å²) in [6.07, 6.45) is 1.29. The molecule has 2 aromatic carbocycles. The van der Waals surface area contributed by atoms with Crippen LogP contribution < -0.4 is 10.6 Å². The third-order valence-corrected chi connectivity index (χ3v) is 4.90. The maximum absolute atomic E-state index is 12.7. The zero-order chi connectivity index (χ0) is 21.0. The van der Waals surface area contributed by atoms with Crippen molar-refractivity contribution in [1.82, 2.24) is 4.90 Å². The number of rotatable bonds is 5. The summed E-state index contributed by atoms with van der Waals surface area (Å²) >= 11 is 0. The molecule has 1 fully saturated rings. The third kappa shape index (κ3) is 4.87. The minimum atomic E-state index is -0.585. The van der Waals surface area contributed by atoms with Gasteiger partial charge in [0.1, 0.15) is 6.04 Å². The van der Waals surface area contributed by atoms with E-state index in [9.17, 15) is 19.2 Å². The van der Waals surface area contributed by atoms with Gasteiger partial charge in [-0.2, -0.15) is 0 Å². The Morgan fingerprint density at radius 1 is 0.862 bits per heavy atom. The first kappa shape index (κ1) is 20.3. The Kier molecular flexibility index (Phi) is 6.07. The summed E-state index contributed by atoms with van der Waals surface area (Å²) in [7, 11) is 0. The summed E-state index contributed by atoms with van der Waals surface area (Å²) < 4.78 is 0. The van der Waals surface area contributed by atoms with Crippen molar-refractivity contribution < 1.29 is 19.2 Å². The molecule has 7 nitrogen and oxygen atoms in total. The van der Waals surface area contributed by atoms with Gasteiger partial charge in [-0.15, -0.1) is 0 Å². The molecule has 3 amide bonds. The van der Waals surface area contributed by atoms with Crippen molar-refractivity contribution in [3.8, 4) is 0 Å². The lowest BCUT2D eigenvalue weighted by Gasteiger charge is -2.24. The third-order valence-electron chi connectivity index (χ3n) is 4.90. The molecule has 1 heterocycles. The minimum absolute atomic E-state index is 0.0460. The van der Waals surface area contributed by atoms with Crippen molar-refractivity contribution in [3.63, 3.8) is 0 Å². The molecule has 1 saturated heterocycles. The van der Waals surface area contributed by atoms with Crippen molar-refractivity contribution in [1.29, 1.82) is 0 Å². The van der Waals surface area contributed by atoms with Gasteiger partial charge in [0, 0.05) is 29.0 Å². The Bertz CT molecular complexity index is 953. The SMILES string of the molecule is CC(=O)c1ccc(NC(=O)[C@@H]2CCCN2C(=O)Nc2cccc(C(C)=O)c2)cc1. The first-order chi connectivity index (χ1) is 13.8. The van der Waals surface area contributed by atoms with E-state index in [4.69, 9.17) is 0 Å². The van der Waals surface area contributed by atoms with Crippen LogP contribution in [0.25, 0.3) is 0 Å². The molecule has 0 bridgehead atoms. The molecule has 2 N–H and O–H groups in total. The number of carbonyl (C=O) groups excluding carboxylic acids is 4. The number of nitrogens with one attached hydrogen (secondary N) is 2. The highest BCUT2D eigenvalue weighted by molar-refractivity contribution is 6.01. The quantitative estimate of drug-likeness (QED) is 0.757. The van der Waals surface area contributed by atoms with Crippen molar-refractivity contribution in [2.45, 2.75) is 32.7 Å². The second-order valence-corrected chi connectivity index (χ2v) is 7.04. The maximum Gasteiger partial charge on any atom is 0.322 e. The van der Waals surface area contributed by atoms with Gasteiger partial charge in [0.15, 0.2) is 11.6 Å². The molecule has 1 aliphatic rings. The highest BCUT2D eigenvalue weighted by atomic mass is 16.2. The van der Waals surface area contributed by atoms with Gasteiger partial charge in [0.05, 0.1) is 0 Å². The van der Waals surface area contributed by atoms with Crippen LogP contribution in [0.4, 0.5) is 16.2 Å². The molecule has 0 saturated carbocycles. The lowest BCUT2D eigenvalue weighted by Crippen LogP contribution is -2.45. The number of carbonyl (C=O) groups is 4. The standard InChI is InChI=1S/C22H23N3O4/c1-14(26)16-8-10-18(11-9-16)23-21(28)20-7-4-12-25(20)22(29)24-19-6-3-5-17(13-19)15(2)27/h3,5-6,8-11,13,20H,4,7,12H2,1-2H3,(H,23,28)(H,24,29)/t20-/m0/s1. The number of likely N-dealkylation sites (tertiary alicyclic amines) is 1. The largest absolute Gasteiger partial charge is 0.324 e. The van der Waals surface area contributed by atoms with E-state index >= 15 is 0 Å². The molecule has 1 atom stereocenters. The Morgan fingerprint density at radius 3 is 2.21 bits per heavy atom. The van der Waals surface area contributed by atoms with Gasteiger partial charge in [-0.25, -0.2) is 4.79 Å². The fraction of sp³-hybridized carbons (Fsp3) is 0.273. The average molecular weight is 393 g/mol. The number of urea groups is 1. The molecular formula is C22H23N3O4. The van der Waals surface area contributed by atoms with Crippen LogP contribution in [0.3, 0.4) is 0 Å². The minimum Gasteiger partial charge on any atom is -0.324 e. The van der Waals surface area contributed by atoms with Gasteiger partial charge in [0.25, 0.3) is 0 Å². The molecule has 2 aromatic rings. The van der Waals surface area contributed by atoms with Crippen molar-refractivity contribution >= 4 is 34.9 Å². The second-order valence-electron chi connectivity index (χ2n) is 7.04. The van der Waals surface area contributed by atoms with Gasteiger partial charge >= 0.3 is 6.03 Å². The van der Waals surface area contributed by atoms with Gasteiger partial charge < -0.3 is 15.5 Å². The number of nitrogens with zero attached hydrogens (tertiary/aromatic N) is 1. The van der Waals surface area contributed by atoms with E-state index in [2.05, 4.69) is 10.6 Å². The Hall–Kier alpha value is -3.48. The molecule has 0 unspecified atom stereocenters. The van der Waals surface area contributed by atoms with Crippen LogP contribution in [0.2, 0.25) is 0 Å². The first-order valence-corrected chi connectivity index (χ1v) is 9.45. The number of hydrogen-bond donors (Lipinski definition) is 2. The van der Waals surface area contributed by atoms with E-state index in [0.717, 1.165) is 6.42 Å². The molecule has 7 heteroatoms. The molecule has 1 aliphatic heterocycles. The van der Waals surface area contributed by atoms with Gasteiger partial charge in [-0.05, 0) is 63.1 Å². The molecule has 0 spiro atoms. The molecule has 0 aromatic heterocycles. The van der Waals surface area contributed by atoms with E-state index < -0.39 is 6.04 Å². The monoisotopic (exact) mass is 393 g/mol. The molecule has 3 rings (SSSR count). The highest BCUT2D eigenvalue weighted by Crippen LogP contribution is 2.21. The van der Waals surface area contributed by atoms with Crippen molar-refractivity contribution in [2.24, 2.45) is 0 Å². The molecule has 0 aliphatic carbocycles. The first-order valence-electron chi connectivity index (χ1n) is 9.45. The van der Waals surface area contributed by atoms with Gasteiger partial charge in [-0.1, -0.05) is 12.1 Å². The topological polar surface area (TPSA) is 95.6 Å². The summed E-state index contributed by atoms with van der Waals surface area (Å²) in [6, 6.07) is 12.4. The highest BCUT2D eigenvalue weighted by Gasteiger charge is 2.34. The maximum atomic E-state index is 12.7. The number of anilines is 2. The van der Waals surface area contributed by atoms with Gasteiger partial charge in [0.2, 0.25) is 5.91 Å². The number of ketones is 2. The Labute approximate surface area is 169 Å². The van der Waals surface area contributed by atoms with E-state index in [0.29, 0.717) is 35.5 Å². The smallest absolute Gasteiger partial charge is 0.322 e. The summed E-state index contributed by atoms with van der Waals surface area (Å²) in [4.78, 5) is 49.8. The van der Waals surface area contributed by atoms with Crippen LogP contribution in [-0.4, -0.2) is 41.0 Å². The van der Waals surface area contributed by atoms with E-state index in [1.165, 1.54) is 18.7 Å². The van der Waals surface area contributed by atoms with Crippen LogP contribution >= 0.6 is 0 Å². The van der Waals surface area contributed by atoms with Crippen molar-refractivity contribution in [2.75, 3.05) is 17.2 Å². The molecule has 0 radical (unpaired) electrons. The number of Topliss-reactive ketones (excluding diaryl/α,β-unsaturated/α-hetero) is 2. The van der Waals surface area contributed by atoms with Crippen LogP contribution in [-0.2, 0) is 4.79 Å². The van der Waals surface area contributed by atoms with Crippen LogP contribution in [0.15, 0.2) is 48.5 Å². The normalized spacial score (nSPS) is 15.7. The second kappa shape index (κ2) is 8.68. The van der Waals surface area contributed by atoms with Crippen molar-refractivity contribution in [3.05, 3.63) is 59.7 Å². The predicted molar refractivity (Wildman–Crippen MR) is 110 cm³/mol. The zero-order valence-corrected chi connectivity index (χ0v) is 16.4. The fourth-order valence-corrected chi connectivity index (χ4v) is 3.31.